The molecule has 0 N–H and O–H groups in total. The maximum absolute atomic E-state index is 12.0. The summed E-state index contributed by atoms with van der Waals surface area (Å²) in [5.41, 5.74) is 0. The predicted octanol–water partition coefficient (Wildman–Crippen LogP) is 2.23. The molecule has 0 aromatic heterocycles. The lowest BCUT2D eigenvalue weighted by Gasteiger charge is -2.28. The average molecular weight is 352 g/mol. The third kappa shape index (κ3) is 2.58. The van der Waals surface area contributed by atoms with Crippen molar-refractivity contribution >= 4 is 34.5 Å². The zero-order valence-electron chi connectivity index (χ0n) is 10.1. The monoisotopic (exact) mass is 352 g/mol. The fourth-order valence-electron chi connectivity index (χ4n) is 2.22. The van der Waals surface area contributed by atoms with Crippen molar-refractivity contribution in [1.29, 1.82) is 0 Å². The highest BCUT2D eigenvalue weighted by atomic mass is 127. The van der Waals surface area contributed by atoms with E-state index in [0.29, 0.717) is 6.42 Å². The van der Waals surface area contributed by atoms with Gasteiger partial charge in [-0.15, -0.1) is 0 Å². The number of carbonyl (C=O) groups is 2. The molecule has 96 valence electrons. The van der Waals surface area contributed by atoms with Crippen LogP contribution in [0.3, 0.4) is 0 Å². The van der Waals surface area contributed by atoms with Gasteiger partial charge in [0.15, 0.2) is 0 Å². The van der Waals surface area contributed by atoms with Crippen LogP contribution < -0.4 is 0 Å². The van der Waals surface area contributed by atoms with Gasteiger partial charge in [0.1, 0.15) is 15.6 Å². The van der Waals surface area contributed by atoms with Crippen molar-refractivity contribution in [3.8, 4) is 0 Å². The molecule has 0 amide bonds. The number of hydrogen-bond donors (Lipinski definition) is 0. The molecule has 2 bridgehead atoms. The van der Waals surface area contributed by atoms with Gasteiger partial charge in [-0.05, 0) is 26.2 Å². The van der Waals surface area contributed by atoms with Crippen molar-refractivity contribution < 1.29 is 19.1 Å². The van der Waals surface area contributed by atoms with Crippen LogP contribution in [0.2, 0.25) is 0 Å². The summed E-state index contributed by atoms with van der Waals surface area (Å²) in [6, 6.07) is 0. The second-order valence-electron chi connectivity index (χ2n) is 4.98. The van der Waals surface area contributed by atoms with Crippen LogP contribution in [0.5, 0.6) is 0 Å². The summed E-state index contributed by atoms with van der Waals surface area (Å²) >= 11 is 2.11. The van der Waals surface area contributed by atoms with Gasteiger partial charge in [-0.2, -0.15) is 0 Å². The molecule has 0 aromatic rings. The number of fused-ring (bicyclic) bond motifs is 2. The Morgan fingerprint density at radius 2 is 2.29 bits per heavy atom. The first-order valence-electron chi connectivity index (χ1n) is 6.04. The fourth-order valence-corrected chi connectivity index (χ4v) is 2.35. The third-order valence-corrected chi connectivity index (χ3v) is 4.88. The number of rotatable bonds is 3. The third-order valence-electron chi connectivity index (χ3n) is 3.68. The summed E-state index contributed by atoms with van der Waals surface area (Å²) in [5, 5.41) is 0. The van der Waals surface area contributed by atoms with Gasteiger partial charge in [0, 0.05) is 6.42 Å². The van der Waals surface area contributed by atoms with Gasteiger partial charge in [-0.25, -0.2) is 0 Å². The van der Waals surface area contributed by atoms with Gasteiger partial charge >= 0.3 is 11.9 Å². The van der Waals surface area contributed by atoms with E-state index in [4.69, 9.17) is 9.47 Å². The van der Waals surface area contributed by atoms with Crippen LogP contribution in [0.4, 0.5) is 0 Å². The van der Waals surface area contributed by atoms with Crippen LogP contribution in [-0.4, -0.2) is 27.6 Å². The van der Waals surface area contributed by atoms with E-state index in [-0.39, 0.29) is 30.1 Å². The lowest BCUT2D eigenvalue weighted by Crippen LogP contribution is -2.39. The van der Waals surface area contributed by atoms with Gasteiger partial charge in [-0.1, -0.05) is 29.5 Å². The standard InChI is InChI=1S/C12H17IO4/c1-3-12(2,13)11(15)17-8-5-4-7-6-9(8)16-10(7)14/h7-9H,3-6H2,1-2H3. The Hall–Kier alpha value is -0.330. The minimum atomic E-state index is -0.489. The maximum Gasteiger partial charge on any atom is 0.322 e. The molecule has 4 nitrogen and oxygen atoms in total. The van der Waals surface area contributed by atoms with E-state index in [9.17, 15) is 9.59 Å². The lowest BCUT2D eigenvalue weighted by atomic mass is 9.88. The molecule has 0 radical (unpaired) electrons. The fraction of sp³-hybridized carbons (Fsp3) is 0.833. The second-order valence-corrected chi connectivity index (χ2v) is 7.36. The highest BCUT2D eigenvalue weighted by Gasteiger charge is 2.46. The Morgan fingerprint density at radius 3 is 2.94 bits per heavy atom. The van der Waals surface area contributed by atoms with Crippen molar-refractivity contribution in [1.82, 2.24) is 0 Å². The SMILES string of the molecule is CCC(C)(I)C(=O)OC1CCC2CC1OC2=O. The minimum absolute atomic E-state index is 0.0344. The first kappa shape index (κ1) is 13.1. The molecule has 5 heteroatoms. The summed E-state index contributed by atoms with van der Waals surface area (Å²) in [7, 11) is 0. The van der Waals surface area contributed by atoms with Crippen LogP contribution in [-0.2, 0) is 19.1 Å². The lowest BCUT2D eigenvalue weighted by molar-refractivity contribution is -0.162. The molecule has 4 unspecified atom stereocenters. The van der Waals surface area contributed by atoms with Gasteiger partial charge in [0.25, 0.3) is 0 Å². The van der Waals surface area contributed by atoms with E-state index >= 15 is 0 Å². The van der Waals surface area contributed by atoms with Crippen LogP contribution in [0.25, 0.3) is 0 Å². The number of ether oxygens (including phenoxy) is 2. The van der Waals surface area contributed by atoms with E-state index in [0.717, 1.165) is 19.3 Å². The van der Waals surface area contributed by atoms with E-state index in [1.807, 2.05) is 13.8 Å². The number of alkyl halides is 1. The van der Waals surface area contributed by atoms with Crippen LogP contribution in [0, 0.1) is 5.92 Å². The van der Waals surface area contributed by atoms with Gasteiger partial charge in [-0.3, -0.25) is 9.59 Å². The molecule has 2 fully saturated rings. The molecule has 17 heavy (non-hydrogen) atoms. The molecule has 1 aliphatic carbocycles. The Labute approximate surface area is 115 Å². The highest BCUT2D eigenvalue weighted by molar-refractivity contribution is 14.1. The molecule has 1 saturated heterocycles. The van der Waals surface area contributed by atoms with Gasteiger partial charge in [0.2, 0.25) is 0 Å². The zero-order chi connectivity index (χ0) is 12.6. The van der Waals surface area contributed by atoms with Crippen molar-refractivity contribution in [2.24, 2.45) is 5.92 Å². The number of halogens is 1. The van der Waals surface area contributed by atoms with E-state index in [1.54, 1.807) is 0 Å². The molecule has 0 aromatic carbocycles. The smallest absolute Gasteiger partial charge is 0.322 e. The van der Waals surface area contributed by atoms with Crippen LogP contribution >= 0.6 is 22.6 Å². The van der Waals surface area contributed by atoms with Crippen molar-refractivity contribution in [3.63, 3.8) is 0 Å². The molecule has 2 aliphatic rings. The van der Waals surface area contributed by atoms with E-state index in [1.165, 1.54) is 0 Å². The summed E-state index contributed by atoms with van der Waals surface area (Å²) in [6.45, 7) is 3.82. The number of carbonyl (C=O) groups excluding carboxylic acids is 2. The average Bonchev–Trinajstić information content (AvgIpc) is 2.59. The Kier molecular flexibility index (Phi) is 3.66. The number of hydrogen-bond acceptors (Lipinski definition) is 4. The predicted molar refractivity (Wildman–Crippen MR) is 69.8 cm³/mol. The topological polar surface area (TPSA) is 52.6 Å². The Balaban J connectivity index is 1.96. The molecule has 4 atom stereocenters. The van der Waals surface area contributed by atoms with Gasteiger partial charge < -0.3 is 9.47 Å². The normalized spacial score (nSPS) is 35.0. The summed E-state index contributed by atoms with van der Waals surface area (Å²) < 4.78 is 10.2. The maximum atomic E-state index is 12.0. The molecule has 1 heterocycles. The Morgan fingerprint density at radius 1 is 1.59 bits per heavy atom. The van der Waals surface area contributed by atoms with Crippen LogP contribution in [0.1, 0.15) is 39.5 Å². The molecular formula is C12H17IO4. The minimum Gasteiger partial charge on any atom is -0.458 e. The molecular weight excluding hydrogens is 335 g/mol. The summed E-state index contributed by atoms with van der Waals surface area (Å²) in [4.78, 5) is 23.3. The van der Waals surface area contributed by atoms with Crippen molar-refractivity contribution in [2.75, 3.05) is 0 Å². The highest BCUT2D eigenvalue weighted by Crippen LogP contribution is 2.37. The Bertz CT molecular complexity index is 339. The van der Waals surface area contributed by atoms with E-state index < -0.39 is 3.42 Å². The van der Waals surface area contributed by atoms with E-state index in [2.05, 4.69) is 22.6 Å². The van der Waals surface area contributed by atoms with Crippen molar-refractivity contribution in [2.45, 2.75) is 55.2 Å². The van der Waals surface area contributed by atoms with Crippen molar-refractivity contribution in [3.05, 3.63) is 0 Å². The largest absolute Gasteiger partial charge is 0.458 e. The quantitative estimate of drug-likeness (QED) is 0.444. The molecule has 1 aliphatic heterocycles. The summed E-state index contributed by atoms with van der Waals surface area (Å²) in [6.07, 6.45) is 2.49. The molecule has 2 rings (SSSR count). The first-order valence-corrected chi connectivity index (χ1v) is 7.12. The number of esters is 2. The van der Waals surface area contributed by atoms with Crippen LogP contribution in [0.15, 0.2) is 0 Å². The first-order chi connectivity index (χ1) is 7.94. The van der Waals surface area contributed by atoms with Gasteiger partial charge in [0.05, 0.1) is 5.92 Å². The summed E-state index contributed by atoms with van der Waals surface area (Å²) in [5.74, 6) is -0.291. The molecule has 1 saturated carbocycles. The second kappa shape index (κ2) is 4.74. The molecule has 0 spiro atoms. The zero-order valence-corrected chi connectivity index (χ0v) is 12.2.